The molecule has 0 aliphatic carbocycles. The molecule has 0 spiro atoms. The Kier molecular flexibility index (Phi) is 4.20. The number of hydrogen-bond acceptors (Lipinski definition) is 4. The molecule has 0 N–H and O–H groups in total. The molecule has 0 aliphatic heterocycles. The highest BCUT2D eigenvalue weighted by Crippen LogP contribution is 2.29. The lowest BCUT2D eigenvalue weighted by atomic mass is 10.1. The van der Waals surface area contributed by atoms with Crippen LogP contribution >= 0.6 is 0 Å². The summed E-state index contributed by atoms with van der Waals surface area (Å²) in [5.41, 5.74) is 0.343. The summed E-state index contributed by atoms with van der Waals surface area (Å²) in [6, 6.07) is 8.48. The summed E-state index contributed by atoms with van der Waals surface area (Å²) in [5, 5.41) is 4.30. The van der Waals surface area contributed by atoms with Gasteiger partial charge in [0.15, 0.2) is 5.82 Å². The minimum Gasteiger partial charge on any atom is -0.481 e. The van der Waals surface area contributed by atoms with Crippen LogP contribution in [0, 0.1) is 0 Å². The molecule has 0 atom stereocenters. The Morgan fingerprint density at radius 3 is 2.75 bits per heavy atom. The van der Waals surface area contributed by atoms with Crippen LogP contribution in [0.15, 0.2) is 48.8 Å². The molecular weight excluding hydrogens is 321 g/mol. The van der Waals surface area contributed by atoms with E-state index in [4.69, 9.17) is 4.74 Å². The lowest BCUT2D eigenvalue weighted by Gasteiger charge is -2.08. The van der Waals surface area contributed by atoms with E-state index in [9.17, 15) is 13.2 Å². The van der Waals surface area contributed by atoms with E-state index >= 15 is 0 Å². The van der Waals surface area contributed by atoms with Gasteiger partial charge >= 0.3 is 6.18 Å². The van der Waals surface area contributed by atoms with Crippen LogP contribution in [0.3, 0.4) is 0 Å². The molecule has 5 nitrogen and oxygen atoms in total. The van der Waals surface area contributed by atoms with Crippen LogP contribution in [-0.4, -0.2) is 26.9 Å². The third-order valence-corrected chi connectivity index (χ3v) is 3.31. The summed E-state index contributed by atoms with van der Waals surface area (Å²) in [5.74, 6) is 0.796. The van der Waals surface area contributed by atoms with E-state index in [1.165, 1.54) is 17.9 Å². The molecule has 0 saturated carbocycles. The number of aromatic nitrogens is 4. The van der Waals surface area contributed by atoms with Gasteiger partial charge in [0.25, 0.3) is 0 Å². The second-order valence-corrected chi connectivity index (χ2v) is 5.02. The highest BCUT2D eigenvalue weighted by Gasteiger charge is 2.30. The molecule has 24 heavy (non-hydrogen) atoms. The Labute approximate surface area is 135 Å². The Morgan fingerprint density at radius 2 is 2.00 bits per heavy atom. The van der Waals surface area contributed by atoms with E-state index in [0.717, 1.165) is 12.1 Å². The normalized spacial score (nSPS) is 11.5. The Hall–Kier alpha value is -2.90. The third kappa shape index (κ3) is 3.53. The van der Waals surface area contributed by atoms with Gasteiger partial charge in [-0.05, 0) is 23.8 Å². The summed E-state index contributed by atoms with van der Waals surface area (Å²) >= 11 is 0. The maximum atomic E-state index is 12.8. The Bertz CT molecular complexity index is 845. The minimum atomic E-state index is -4.36. The number of methoxy groups -OCH3 is 1. The SMILES string of the molecule is COc1ccnc(-c2ccn(Cc3cccc(C(F)(F)F)c3)n2)n1. The first kappa shape index (κ1) is 16.0. The molecule has 2 heterocycles. The quantitative estimate of drug-likeness (QED) is 0.734. The predicted molar refractivity (Wildman–Crippen MR) is 80.4 cm³/mol. The topological polar surface area (TPSA) is 52.8 Å². The molecule has 124 valence electrons. The fourth-order valence-corrected chi connectivity index (χ4v) is 2.18. The summed E-state index contributed by atoms with van der Waals surface area (Å²) < 4.78 is 44.8. The number of halogens is 3. The van der Waals surface area contributed by atoms with Gasteiger partial charge in [-0.2, -0.15) is 23.3 Å². The summed E-state index contributed by atoms with van der Waals surface area (Å²) in [6.45, 7) is 0.216. The first-order valence-corrected chi connectivity index (χ1v) is 7.03. The molecule has 0 aliphatic rings. The van der Waals surface area contributed by atoms with Crippen LogP contribution in [0.2, 0.25) is 0 Å². The van der Waals surface area contributed by atoms with Crippen molar-refractivity contribution in [3.05, 3.63) is 59.9 Å². The molecule has 0 amide bonds. The van der Waals surface area contributed by atoms with Crippen molar-refractivity contribution in [1.82, 2.24) is 19.7 Å². The highest BCUT2D eigenvalue weighted by molar-refractivity contribution is 5.48. The number of ether oxygens (including phenoxy) is 1. The maximum Gasteiger partial charge on any atom is 0.416 e. The van der Waals surface area contributed by atoms with Gasteiger partial charge in [0.1, 0.15) is 5.69 Å². The van der Waals surface area contributed by atoms with Gasteiger partial charge in [-0.25, -0.2) is 4.98 Å². The smallest absolute Gasteiger partial charge is 0.416 e. The van der Waals surface area contributed by atoms with E-state index < -0.39 is 11.7 Å². The van der Waals surface area contributed by atoms with Gasteiger partial charge in [-0.3, -0.25) is 4.68 Å². The molecule has 0 fully saturated rings. The van der Waals surface area contributed by atoms with E-state index in [1.807, 2.05) is 0 Å². The zero-order valence-corrected chi connectivity index (χ0v) is 12.7. The van der Waals surface area contributed by atoms with Crippen molar-refractivity contribution >= 4 is 0 Å². The van der Waals surface area contributed by atoms with Crippen LogP contribution in [0.5, 0.6) is 5.88 Å². The zero-order valence-electron chi connectivity index (χ0n) is 12.7. The summed E-state index contributed by atoms with van der Waals surface area (Å²) in [4.78, 5) is 8.28. The van der Waals surface area contributed by atoms with Gasteiger partial charge in [0.2, 0.25) is 5.88 Å². The van der Waals surface area contributed by atoms with Crippen molar-refractivity contribution in [2.45, 2.75) is 12.7 Å². The molecule has 8 heteroatoms. The molecule has 0 bridgehead atoms. The van der Waals surface area contributed by atoms with Crippen molar-refractivity contribution in [2.24, 2.45) is 0 Å². The molecule has 0 radical (unpaired) electrons. The average molecular weight is 334 g/mol. The van der Waals surface area contributed by atoms with Crippen LogP contribution < -0.4 is 4.74 Å². The first-order valence-electron chi connectivity index (χ1n) is 7.03. The van der Waals surface area contributed by atoms with Crippen LogP contribution in [0.25, 0.3) is 11.5 Å². The number of nitrogens with zero attached hydrogens (tertiary/aromatic N) is 4. The fraction of sp³-hybridized carbons (Fsp3) is 0.188. The molecule has 3 aromatic rings. The maximum absolute atomic E-state index is 12.8. The summed E-state index contributed by atoms with van der Waals surface area (Å²) in [6.07, 6.45) is -1.15. The van der Waals surface area contributed by atoms with Gasteiger partial charge in [0, 0.05) is 18.5 Å². The zero-order chi connectivity index (χ0) is 17.2. The van der Waals surface area contributed by atoms with Gasteiger partial charge in [0.05, 0.1) is 19.2 Å². The van der Waals surface area contributed by atoms with Crippen molar-refractivity contribution in [3.63, 3.8) is 0 Å². The largest absolute Gasteiger partial charge is 0.481 e. The lowest BCUT2D eigenvalue weighted by Crippen LogP contribution is -2.07. The first-order chi connectivity index (χ1) is 11.5. The lowest BCUT2D eigenvalue weighted by molar-refractivity contribution is -0.137. The highest BCUT2D eigenvalue weighted by atomic mass is 19.4. The number of alkyl halides is 3. The minimum absolute atomic E-state index is 0.216. The molecule has 3 rings (SSSR count). The van der Waals surface area contributed by atoms with Crippen molar-refractivity contribution in [2.75, 3.05) is 7.11 Å². The van der Waals surface area contributed by atoms with Crippen molar-refractivity contribution < 1.29 is 17.9 Å². The van der Waals surface area contributed by atoms with Crippen LogP contribution in [0.1, 0.15) is 11.1 Å². The number of benzene rings is 1. The van der Waals surface area contributed by atoms with Gasteiger partial charge in [-0.15, -0.1) is 0 Å². The third-order valence-electron chi connectivity index (χ3n) is 3.31. The molecule has 0 saturated heterocycles. The Morgan fingerprint density at radius 1 is 1.17 bits per heavy atom. The second kappa shape index (κ2) is 6.31. The van der Waals surface area contributed by atoms with Crippen LogP contribution in [-0.2, 0) is 12.7 Å². The van der Waals surface area contributed by atoms with E-state index in [0.29, 0.717) is 23.0 Å². The van der Waals surface area contributed by atoms with Gasteiger partial charge < -0.3 is 4.74 Å². The molecule has 1 aromatic carbocycles. The van der Waals surface area contributed by atoms with E-state index in [-0.39, 0.29) is 6.54 Å². The van der Waals surface area contributed by atoms with E-state index in [1.54, 1.807) is 30.6 Å². The van der Waals surface area contributed by atoms with Gasteiger partial charge in [-0.1, -0.05) is 12.1 Å². The fourth-order valence-electron chi connectivity index (χ4n) is 2.18. The molecule has 2 aromatic heterocycles. The monoisotopic (exact) mass is 334 g/mol. The number of rotatable bonds is 4. The Balaban J connectivity index is 1.81. The van der Waals surface area contributed by atoms with Crippen LogP contribution in [0.4, 0.5) is 13.2 Å². The number of hydrogen-bond donors (Lipinski definition) is 0. The van der Waals surface area contributed by atoms with Crippen molar-refractivity contribution in [3.8, 4) is 17.4 Å². The average Bonchev–Trinajstić information content (AvgIpc) is 3.03. The molecule has 0 unspecified atom stereocenters. The second-order valence-electron chi connectivity index (χ2n) is 5.02. The van der Waals surface area contributed by atoms with Crippen molar-refractivity contribution in [1.29, 1.82) is 0 Å². The summed E-state index contributed by atoms with van der Waals surface area (Å²) in [7, 11) is 1.50. The molecular formula is C16H13F3N4O. The standard InChI is InChI=1S/C16H13F3N4O/c1-24-14-5-7-20-15(21-14)13-6-8-23(22-13)10-11-3-2-4-12(9-11)16(17,18)19/h2-9H,10H2,1H3. The predicted octanol–water partition coefficient (Wildman–Crippen LogP) is 3.42. The van der Waals surface area contributed by atoms with E-state index in [2.05, 4.69) is 15.1 Å².